The zero-order valence-electron chi connectivity index (χ0n) is 11.4. The van der Waals surface area contributed by atoms with Crippen LogP contribution in [-0.4, -0.2) is 17.1 Å². The molecule has 0 radical (unpaired) electrons. The first kappa shape index (κ1) is 13.8. The molecule has 1 aromatic rings. The maximum Gasteiger partial charge on any atom is 0.340 e. The van der Waals surface area contributed by atoms with Gasteiger partial charge in [-0.1, -0.05) is 19.9 Å². The Kier molecular flexibility index (Phi) is 3.78. The fourth-order valence-corrected chi connectivity index (χ4v) is 2.63. The lowest BCUT2D eigenvalue weighted by molar-refractivity contribution is 0.0693. The van der Waals surface area contributed by atoms with Crippen molar-refractivity contribution < 1.29 is 14.3 Å². The van der Waals surface area contributed by atoms with Gasteiger partial charge in [-0.25, -0.2) is 9.18 Å². The number of benzene rings is 1. The van der Waals surface area contributed by atoms with E-state index in [0.29, 0.717) is 11.1 Å². The van der Waals surface area contributed by atoms with E-state index in [-0.39, 0.29) is 11.6 Å². The summed E-state index contributed by atoms with van der Waals surface area (Å²) in [6, 6.07) is 4.58. The van der Waals surface area contributed by atoms with Crippen LogP contribution in [0.5, 0.6) is 0 Å². The second-order valence-corrected chi connectivity index (χ2v) is 6.05. The molecule has 1 fully saturated rings. The number of anilines is 1. The van der Waals surface area contributed by atoms with E-state index >= 15 is 0 Å². The van der Waals surface area contributed by atoms with Crippen molar-refractivity contribution in [3.63, 3.8) is 0 Å². The lowest BCUT2D eigenvalue weighted by Crippen LogP contribution is -2.30. The number of carboxylic acids is 1. The van der Waals surface area contributed by atoms with Crippen LogP contribution < -0.4 is 5.32 Å². The van der Waals surface area contributed by atoms with E-state index in [1.807, 2.05) is 0 Å². The molecule has 0 bridgehead atoms. The summed E-state index contributed by atoms with van der Waals surface area (Å²) in [7, 11) is 0. The molecule has 3 nitrogen and oxygen atoms in total. The second kappa shape index (κ2) is 5.19. The Morgan fingerprint density at radius 3 is 2.58 bits per heavy atom. The summed E-state index contributed by atoms with van der Waals surface area (Å²) < 4.78 is 13.6. The van der Waals surface area contributed by atoms with E-state index in [2.05, 4.69) is 19.2 Å². The molecule has 0 unspecified atom stereocenters. The van der Waals surface area contributed by atoms with Crippen molar-refractivity contribution in [3.05, 3.63) is 29.6 Å². The normalized spacial score (nSPS) is 19.1. The monoisotopic (exact) mass is 265 g/mol. The lowest BCUT2D eigenvalue weighted by atomic mass is 9.75. The Hall–Kier alpha value is -1.58. The molecule has 1 aromatic carbocycles. The molecule has 2 rings (SSSR count). The number of nitrogens with one attached hydrogen (secondary N) is 1. The van der Waals surface area contributed by atoms with Gasteiger partial charge in [0, 0.05) is 6.04 Å². The largest absolute Gasteiger partial charge is 0.478 e. The maximum atomic E-state index is 13.6. The Morgan fingerprint density at radius 2 is 2.00 bits per heavy atom. The van der Waals surface area contributed by atoms with Crippen molar-refractivity contribution in [1.82, 2.24) is 0 Å². The average Bonchev–Trinajstić information content (AvgIpc) is 2.31. The van der Waals surface area contributed by atoms with Gasteiger partial charge in [0.25, 0.3) is 0 Å². The van der Waals surface area contributed by atoms with Crippen LogP contribution in [0.2, 0.25) is 0 Å². The molecule has 0 saturated heterocycles. The third-order valence-electron chi connectivity index (χ3n) is 3.93. The molecule has 0 aromatic heterocycles. The molecule has 104 valence electrons. The third kappa shape index (κ3) is 3.25. The van der Waals surface area contributed by atoms with Gasteiger partial charge < -0.3 is 10.4 Å². The van der Waals surface area contributed by atoms with Crippen LogP contribution in [-0.2, 0) is 0 Å². The Morgan fingerprint density at radius 1 is 1.37 bits per heavy atom. The Balaban J connectivity index is 2.12. The van der Waals surface area contributed by atoms with E-state index in [1.165, 1.54) is 12.1 Å². The van der Waals surface area contributed by atoms with Crippen LogP contribution in [0.25, 0.3) is 0 Å². The molecule has 0 spiro atoms. The fraction of sp³-hybridized carbons (Fsp3) is 0.533. The van der Waals surface area contributed by atoms with Gasteiger partial charge in [0.1, 0.15) is 11.4 Å². The molecule has 1 aliphatic carbocycles. The van der Waals surface area contributed by atoms with E-state index in [0.717, 1.165) is 25.7 Å². The highest BCUT2D eigenvalue weighted by atomic mass is 19.1. The first-order chi connectivity index (χ1) is 8.89. The molecule has 0 heterocycles. The van der Waals surface area contributed by atoms with Gasteiger partial charge in [0.15, 0.2) is 0 Å². The van der Waals surface area contributed by atoms with Crippen molar-refractivity contribution in [2.45, 2.75) is 45.6 Å². The van der Waals surface area contributed by atoms with Gasteiger partial charge in [0.05, 0.1) is 5.69 Å². The third-order valence-corrected chi connectivity index (χ3v) is 3.93. The van der Waals surface area contributed by atoms with Crippen molar-refractivity contribution in [2.75, 3.05) is 5.32 Å². The number of carboxylic acid groups (broad SMARTS) is 1. The molecule has 4 heteroatoms. The minimum atomic E-state index is -1.23. The number of rotatable bonds is 3. The predicted molar refractivity (Wildman–Crippen MR) is 73.0 cm³/mol. The number of halogens is 1. The summed E-state index contributed by atoms with van der Waals surface area (Å²) in [5.41, 5.74) is 0.486. The van der Waals surface area contributed by atoms with Crippen LogP contribution in [0.3, 0.4) is 0 Å². The average molecular weight is 265 g/mol. The van der Waals surface area contributed by atoms with Gasteiger partial charge >= 0.3 is 5.97 Å². The second-order valence-electron chi connectivity index (χ2n) is 6.05. The maximum absolute atomic E-state index is 13.6. The molecular weight excluding hydrogens is 245 g/mol. The molecule has 0 atom stereocenters. The highest BCUT2D eigenvalue weighted by molar-refractivity contribution is 5.94. The molecule has 0 amide bonds. The first-order valence-corrected chi connectivity index (χ1v) is 6.67. The lowest BCUT2D eigenvalue weighted by Gasteiger charge is -2.35. The minimum absolute atomic E-state index is 0.230. The Labute approximate surface area is 112 Å². The van der Waals surface area contributed by atoms with Gasteiger partial charge in [-0.3, -0.25) is 0 Å². The van der Waals surface area contributed by atoms with Gasteiger partial charge in [-0.2, -0.15) is 0 Å². The highest BCUT2D eigenvalue weighted by Crippen LogP contribution is 2.36. The number of hydrogen-bond donors (Lipinski definition) is 2. The van der Waals surface area contributed by atoms with Crippen LogP contribution >= 0.6 is 0 Å². The van der Waals surface area contributed by atoms with E-state index in [4.69, 9.17) is 5.11 Å². The van der Waals surface area contributed by atoms with Crippen LogP contribution in [0, 0.1) is 11.2 Å². The standard InChI is InChI=1S/C15H20FNO2/c1-15(2)8-6-10(7-9-15)17-12-5-3-4-11(16)13(12)14(18)19/h3-5,10,17H,6-9H2,1-2H3,(H,18,19). The fourth-order valence-electron chi connectivity index (χ4n) is 2.63. The minimum Gasteiger partial charge on any atom is -0.478 e. The SMILES string of the molecule is CC1(C)CCC(Nc2cccc(F)c2C(=O)O)CC1. The molecule has 0 aliphatic heterocycles. The highest BCUT2D eigenvalue weighted by Gasteiger charge is 2.27. The summed E-state index contributed by atoms with van der Waals surface area (Å²) in [4.78, 5) is 11.1. The van der Waals surface area contributed by atoms with E-state index in [9.17, 15) is 9.18 Å². The number of carbonyl (C=O) groups is 1. The molecule has 1 aliphatic rings. The van der Waals surface area contributed by atoms with Crippen molar-refractivity contribution in [2.24, 2.45) is 5.41 Å². The molecule has 1 saturated carbocycles. The van der Waals surface area contributed by atoms with Crippen LogP contribution in [0.1, 0.15) is 49.9 Å². The summed E-state index contributed by atoms with van der Waals surface area (Å²) in [5.74, 6) is -1.91. The zero-order valence-corrected chi connectivity index (χ0v) is 11.4. The summed E-state index contributed by atoms with van der Waals surface area (Å²) >= 11 is 0. The van der Waals surface area contributed by atoms with Crippen LogP contribution in [0.4, 0.5) is 10.1 Å². The van der Waals surface area contributed by atoms with E-state index < -0.39 is 11.8 Å². The summed E-state index contributed by atoms with van der Waals surface area (Å²) in [6.07, 6.45) is 4.18. The number of aromatic carboxylic acids is 1. The van der Waals surface area contributed by atoms with Crippen LogP contribution in [0.15, 0.2) is 18.2 Å². The topological polar surface area (TPSA) is 49.3 Å². The first-order valence-electron chi connectivity index (χ1n) is 6.67. The Bertz CT molecular complexity index is 475. The summed E-state index contributed by atoms with van der Waals surface area (Å²) in [5, 5.41) is 12.3. The van der Waals surface area contributed by atoms with Gasteiger partial charge in [0.2, 0.25) is 0 Å². The van der Waals surface area contributed by atoms with E-state index in [1.54, 1.807) is 6.07 Å². The van der Waals surface area contributed by atoms with Crippen molar-refractivity contribution in [1.29, 1.82) is 0 Å². The predicted octanol–water partition coefficient (Wildman–Crippen LogP) is 3.90. The smallest absolute Gasteiger partial charge is 0.340 e. The van der Waals surface area contributed by atoms with Gasteiger partial charge in [-0.15, -0.1) is 0 Å². The van der Waals surface area contributed by atoms with Gasteiger partial charge in [-0.05, 0) is 43.2 Å². The zero-order chi connectivity index (χ0) is 14.0. The molecular formula is C15H20FNO2. The molecule has 19 heavy (non-hydrogen) atoms. The quantitative estimate of drug-likeness (QED) is 0.871. The summed E-state index contributed by atoms with van der Waals surface area (Å²) in [6.45, 7) is 4.49. The number of hydrogen-bond acceptors (Lipinski definition) is 2. The molecule has 2 N–H and O–H groups in total. The van der Waals surface area contributed by atoms with Crippen molar-refractivity contribution in [3.8, 4) is 0 Å². The van der Waals surface area contributed by atoms with Crippen molar-refractivity contribution >= 4 is 11.7 Å².